The van der Waals surface area contributed by atoms with Gasteiger partial charge in [0.1, 0.15) is 0 Å². The molecule has 0 saturated carbocycles. The van der Waals surface area contributed by atoms with Crippen LogP contribution < -0.4 is 4.90 Å². The quantitative estimate of drug-likeness (QED) is 0.804. The SMILES string of the molecule is COC(=O)C1=CN(c2ccccc2)C(c2ccccc2)C=C1. The predicted octanol–water partition coefficient (Wildman–Crippen LogP) is 3.86. The van der Waals surface area contributed by atoms with Gasteiger partial charge in [-0.1, -0.05) is 54.6 Å². The van der Waals surface area contributed by atoms with Gasteiger partial charge in [0.25, 0.3) is 0 Å². The number of carbonyl (C=O) groups is 1. The Morgan fingerprint density at radius 3 is 2.27 bits per heavy atom. The molecule has 1 unspecified atom stereocenters. The number of methoxy groups -OCH3 is 1. The molecule has 2 aromatic carbocycles. The minimum Gasteiger partial charge on any atom is -0.465 e. The molecule has 0 fully saturated rings. The number of esters is 1. The molecule has 0 aromatic heterocycles. The van der Waals surface area contributed by atoms with Gasteiger partial charge in [-0.2, -0.15) is 0 Å². The summed E-state index contributed by atoms with van der Waals surface area (Å²) in [5, 5.41) is 0. The predicted molar refractivity (Wildman–Crippen MR) is 87.3 cm³/mol. The fourth-order valence-corrected chi connectivity index (χ4v) is 2.56. The maximum atomic E-state index is 11.8. The lowest BCUT2D eigenvalue weighted by atomic mass is 10.00. The van der Waals surface area contributed by atoms with Gasteiger partial charge in [0.2, 0.25) is 0 Å². The van der Waals surface area contributed by atoms with Crippen LogP contribution in [0.5, 0.6) is 0 Å². The molecule has 0 spiro atoms. The summed E-state index contributed by atoms with van der Waals surface area (Å²) in [7, 11) is 1.40. The average molecular weight is 291 g/mol. The first-order valence-corrected chi connectivity index (χ1v) is 7.16. The lowest BCUT2D eigenvalue weighted by molar-refractivity contribution is -0.135. The highest BCUT2D eigenvalue weighted by Crippen LogP contribution is 2.32. The van der Waals surface area contributed by atoms with Gasteiger partial charge < -0.3 is 9.64 Å². The van der Waals surface area contributed by atoms with Crippen LogP contribution in [0.3, 0.4) is 0 Å². The molecule has 0 aliphatic carbocycles. The third-order valence-corrected chi connectivity index (χ3v) is 3.65. The van der Waals surface area contributed by atoms with Crippen LogP contribution >= 0.6 is 0 Å². The van der Waals surface area contributed by atoms with Crippen molar-refractivity contribution in [2.75, 3.05) is 12.0 Å². The lowest BCUT2D eigenvalue weighted by Crippen LogP contribution is -2.26. The van der Waals surface area contributed by atoms with E-state index in [1.54, 1.807) is 0 Å². The van der Waals surface area contributed by atoms with Crippen molar-refractivity contribution in [2.24, 2.45) is 0 Å². The molecule has 1 aliphatic heterocycles. The summed E-state index contributed by atoms with van der Waals surface area (Å²) in [6, 6.07) is 20.3. The van der Waals surface area contributed by atoms with E-state index in [4.69, 9.17) is 4.74 Å². The second-order valence-electron chi connectivity index (χ2n) is 5.03. The fraction of sp³-hybridized carbons (Fsp3) is 0.105. The van der Waals surface area contributed by atoms with E-state index in [-0.39, 0.29) is 12.0 Å². The van der Waals surface area contributed by atoms with E-state index in [0.717, 1.165) is 5.69 Å². The second kappa shape index (κ2) is 6.31. The van der Waals surface area contributed by atoms with Gasteiger partial charge in [0.05, 0.1) is 18.7 Å². The molecule has 0 bridgehead atoms. The number of ether oxygens (including phenoxy) is 1. The van der Waals surface area contributed by atoms with Crippen molar-refractivity contribution < 1.29 is 9.53 Å². The van der Waals surface area contributed by atoms with Crippen molar-refractivity contribution in [1.29, 1.82) is 0 Å². The molecular weight excluding hydrogens is 274 g/mol. The third-order valence-electron chi connectivity index (χ3n) is 3.65. The molecule has 3 rings (SSSR count). The molecule has 0 N–H and O–H groups in total. The largest absolute Gasteiger partial charge is 0.465 e. The summed E-state index contributed by atoms with van der Waals surface area (Å²) in [4.78, 5) is 13.9. The standard InChI is InChI=1S/C19H17NO2/c1-22-19(21)16-12-13-18(15-8-4-2-5-9-15)20(14-16)17-10-6-3-7-11-17/h2-14,18H,1H3. The normalized spacial score (nSPS) is 17.0. The fourth-order valence-electron chi connectivity index (χ4n) is 2.56. The molecule has 3 nitrogen and oxygen atoms in total. The van der Waals surface area contributed by atoms with Gasteiger partial charge in [-0.25, -0.2) is 4.79 Å². The summed E-state index contributed by atoms with van der Waals surface area (Å²) in [5.74, 6) is -0.330. The molecule has 2 aromatic rings. The molecular formula is C19H17NO2. The Bertz CT molecular complexity index is 705. The summed E-state index contributed by atoms with van der Waals surface area (Å²) < 4.78 is 4.83. The Morgan fingerprint density at radius 1 is 1.00 bits per heavy atom. The maximum absolute atomic E-state index is 11.8. The Morgan fingerprint density at radius 2 is 1.64 bits per heavy atom. The second-order valence-corrected chi connectivity index (χ2v) is 5.03. The number of hydrogen-bond donors (Lipinski definition) is 0. The van der Waals surface area contributed by atoms with Crippen molar-refractivity contribution in [2.45, 2.75) is 6.04 Å². The molecule has 110 valence electrons. The molecule has 22 heavy (non-hydrogen) atoms. The maximum Gasteiger partial charge on any atom is 0.339 e. The van der Waals surface area contributed by atoms with Crippen LogP contribution in [0.25, 0.3) is 0 Å². The van der Waals surface area contributed by atoms with Gasteiger partial charge in [-0.05, 0) is 23.8 Å². The van der Waals surface area contributed by atoms with E-state index in [2.05, 4.69) is 17.0 Å². The monoisotopic (exact) mass is 291 g/mol. The van der Waals surface area contributed by atoms with Crippen LogP contribution in [0.15, 0.2) is 84.6 Å². The number of hydrogen-bond acceptors (Lipinski definition) is 3. The average Bonchev–Trinajstić information content (AvgIpc) is 2.62. The smallest absolute Gasteiger partial charge is 0.339 e. The van der Waals surface area contributed by atoms with E-state index in [1.807, 2.05) is 66.9 Å². The zero-order valence-electron chi connectivity index (χ0n) is 12.3. The van der Waals surface area contributed by atoms with Crippen molar-refractivity contribution in [3.63, 3.8) is 0 Å². The Balaban J connectivity index is 2.02. The minimum atomic E-state index is -0.330. The summed E-state index contributed by atoms with van der Waals surface area (Å²) >= 11 is 0. The first-order chi connectivity index (χ1) is 10.8. The molecule has 1 heterocycles. The number of benzene rings is 2. The number of para-hydroxylation sites is 1. The van der Waals surface area contributed by atoms with E-state index >= 15 is 0 Å². The molecule has 1 aliphatic rings. The molecule has 1 atom stereocenters. The summed E-state index contributed by atoms with van der Waals surface area (Å²) in [6.07, 6.45) is 5.69. The third kappa shape index (κ3) is 2.79. The number of anilines is 1. The van der Waals surface area contributed by atoms with Gasteiger partial charge in [-0.15, -0.1) is 0 Å². The molecule has 0 radical (unpaired) electrons. The summed E-state index contributed by atoms with van der Waals surface area (Å²) in [5.41, 5.74) is 2.74. The Kier molecular flexibility index (Phi) is 4.05. The number of carbonyl (C=O) groups excluding carboxylic acids is 1. The molecule has 0 amide bonds. The van der Waals surface area contributed by atoms with Crippen LogP contribution in [-0.4, -0.2) is 13.1 Å². The zero-order valence-corrected chi connectivity index (χ0v) is 12.3. The summed E-state index contributed by atoms with van der Waals surface area (Å²) in [6.45, 7) is 0. The first-order valence-electron chi connectivity index (χ1n) is 7.16. The van der Waals surface area contributed by atoms with Gasteiger partial charge in [0.15, 0.2) is 0 Å². The van der Waals surface area contributed by atoms with Crippen LogP contribution in [0, 0.1) is 0 Å². The van der Waals surface area contributed by atoms with Gasteiger partial charge in [0, 0.05) is 11.9 Å². The lowest BCUT2D eigenvalue weighted by Gasteiger charge is -2.32. The van der Waals surface area contributed by atoms with Crippen molar-refractivity contribution in [1.82, 2.24) is 0 Å². The highest BCUT2D eigenvalue weighted by atomic mass is 16.5. The van der Waals surface area contributed by atoms with E-state index in [0.29, 0.717) is 5.57 Å². The van der Waals surface area contributed by atoms with Crippen LogP contribution in [0.4, 0.5) is 5.69 Å². The van der Waals surface area contributed by atoms with Crippen molar-refractivity contribution in [3.05, 3.63) is 90.2 Å². The van der Waals surface area contributed by atoms with E-state index < -0.39 is 0 Å². The van der Waals surface area contributed by atoms with Gasteiger partial charge in [-0.3, -0.25) is 0 Å². The van der Waals surface area contributed by atoms with Crippen LogP contribution in [0.2, 0.25) is 0 Å². The first kappa shape index (κ1) is 14.1. The molecule has 0 saturated heterocycles. The Hall–Kier alpha value is -2.81. The molecule has 3 heteroatoms. The minimum absolute atomic E-state index is 0.0528. The van der Waals surface area contributed by atoms with Crippen molar-refractivity contribution in [3.8, 4) is 0 Å². The zero-order chi connectivity index (χ0) is 15.4. The number of nitrogens with zero attached hydrogens (tertiary/aromatic N) is 1. The topological polar surface area (TPSA) is 29.5 Å². The highest BCUT2D eigenvalue weighted by molar-refractivity contribution is 5.92. The van der Waals surface area contributed by atoms with Crippen LogP contribution in [0.1, 0.15) is 11.6 Å². The van der Waals surface area contributed by atoms with Gasteiger partial charge >= 0.3 is 5.97 Å². The van der Waals surface area contributed by atoms with Crippen LogP contribution in [-0.2, 0) is 9.53 Å². The van der Waals surface area contributed by atoms with E-state index in [9.17, 15) is 4.79 Å². The Labute approximate surface area is 130 Å². The number of rotatable bonds is 3. The van der Waals surface area contributed by atoms with Crippen molar-refractivity contribution >= 4 is 11.7 Å². The highest BCUT2D eigenvalue weighted by Gasteiger charge is 2.22. The van der Waals surface area contributed by atoms with E-state index in [1.165, 1.54) is 12.7 Å².